The molecule has 0 aliphatic heterocycles. The normalized spacial score (nSPS) is 13.2. The van der Waals surface area contributed by atoms with Gasteiger partial charge in [-0.2, -0.15) is 13.2 Å². The van der Waals surface area contributed by atoms with E-state index in [1.807, 2.05) is 12.1 Å². The quantitative estimate of drug-likeness (QED) is 0.319. The minimum Gasteiger partial charge on any atom is -0.355 e. The number of halogens is 3. The van der Waals surface area contributed by atoms with Crippen molar-refractivity contribution in [3.8, 4) is 34.0 Å². The van der Waals surface area contributed by atoms with Crippen LogP contribution in [-0.2, 0) is 25.6 Å². The summed E-state index contributed by atoms with van der Waals surface area (Å²) in [6.07, 6.45) is -3.47. The largest absolute Gasteiger partial charge is 0.422 e. The van der Waals surface area contributed by atoms with E-state index >= 15 is 0 Å². The molecule has 5 nitrogen and oxygen atoms in total. The summed E-state index contributed by atoms with van der Waals surface area (Å²) in [5.74, 6) is -0.309. The lowest BCUT2D eigenvalue weighted by molar-refractivity contribution is -0.136. The van der Waals surface area contributed by atoms with Crippen LogP contribution in [0.25, 0.3) is 34.0 Å². The Kier molecular flexibility index (Phi) is 5.77. The summed E-state index contributed by atoms with van der Waals surface area (Å²) >= 11 is 0. The maximum atomic E-state index is 14.1. The molecular weight excluding hydrogens is 443 g/mol. The fraction of sp³-hybridized carbons (Fsp3) is 0.308. The van der Waals surface area contributed by atoms with E-state index < -0.39 is 11.7 Å². The van der Waals surface area contributed by atoms with E-state index in [9.17, 15) is 13.2 Å². The lowest BCUT2D eigenvalue weighted by atomic mass is 9.87. The first-order valence-corrected chi connectivity index (χ1v) is 11.4. The Balaban J connectivity index is 1.56. The molecule has 176 valence electrons. The first-order valence-electron chi connectivity index (χ1n) is 11.4. The molecule has 0 amide bonds. The smallest absolute Gasteiger partial charge is 0.355 e. The second-order valence-corrected chi connectivity index (χ2v) is 8.39. The van der Waals surface area contributed by atoms with E-state index in [1.54, 1.807) is 30.3 Å². The number of hydrogen-bond acceptors (Lipinski definition) is 5. The van der Waals surface area contributed by atoms with Crippen LogP contribution < -0.4 is 0 Å². The fourth-order valence-corrected chi connectivity index (χ4v) is 4.58. The lowest BCUT2D eigenvalue weighted by Crippen LogP contribution is -2.22. The molecule has 2 aromatic carbocycles. The Bertz CT molecular complexity index is 1300. The summed E-state index contributed by atoms with van der Waals surface area (Å²) in [6, 6.07) is 14.3. The highest BCUT2D eigenvalue weighted by molar-refractivity contribution is 5.79. The number of alkyl halides is 3. The van der Waals surface area contributed by atoms with Crippen LogP contribution in [0.5, 0.6) is 0 Å². The molecule has 34 heavy (non-hydrogen) atoms. The van der Waals surface area contributed by atoms with E-state index in [0.717, 1.165) is 30.8 Å². The van der Waals surface area contributed by atoms with Gasteiger partial charge in [-0.1, -0.05) is 72.7 Å². The van der Waals surface area contributed by atoms with Crippen molar-refractivity contribution in [2.24, 2.45) is 0 Å². The van der Waals surface area contributed by atoms with E-state index in [-0.39, 0.29) is 17.2 Å². The SMILES string of the molecule is CCN(CC)Cc1ccc2c(c1)CCc1c-2noc1-c1noc(-c2ccccc2)c1C(F)(F)F. The zero-order valence-corrected chi connectivity index (χ0v) is 18.9. The molecule has 5 rings (SSSR count). The minimum atomic E-state index is -4.67. The van der Waals surface area contributed by atoms with E-state index in [4.69, 9.17) is 9.05 Å². The van der Waals surface area contributed by atoms with Crippen LogP contribution in [0.1, 0.15) is 36.1 Å². The van der Waals surface area contributed by atoms with Gasteiger partial charge in [0.15, 0.2) is 17.2 Å². The average Bonchev–Trinajstić information content (AvgIpc) is 3.47. The van der Waals surface area contributed by atoms with Gasteiger partial charge in [0.05, 0.1) is 0 Å². The summed E-state index contributed by atoms with van der Waals surface area (Å²) < 4.78 is 53.1. The van der Waals surface area contributed by atoms with Gasteiger partial charge >= 0.3 is 6.18 Å². The molecule has 0 bridgehead atoms. The number of benzene rings is 2. The number of nitrogens with zero attached hydrogens (tertiary/aromatic N) is 3. The number of hydrogen-bond donors (Lipinski definition) is 0. The number of aromatic nitrogens is 2. The fourth-order valence-electron chi connectivity index (χ4n) is 4.58. The van der Waals surface area contributed by atoms with E-state index in [2.05, 4.69) is 35.1 Å². The third kappa shape index (κ3) is 3.92. The molecule has 1 aliphatic rings. The van der Waals surface area contributed by atoms with Gasteiger partial charge in [-0.25, -0.2) is 0 Å². The van der Waals surface area contributed by atoms with Gasteiger partial charge in [-0.05, 0) is 37.1 Å². The highest BCUT2D eigenvalue weighted by atomic mass is 19.4. The highest BCUT2D eigenvalue weighted by Crippen LogP contribution is 2.46. The summed E-state index contributed by atoms with van der Waals surface area (Å²) in [5.41, 5.74) is 3.41. The predicted molar refractivity (Wildman–Crippen MR) is 122 cm³/mol. The van der Waals surface area contributed by atoms with Crippen LogP contribution in [0.15, 0.2) is 57.6 Å². The summed E-state index contributed by atoms with van der Waals surface area (Å²) in [6.45, 7) is 7.05. The maximum absolute atomic E-state index is 14.1. The average molecular weight is 467 g/mol. The number of aryl methyl sites for hydroxylation is 1. The molecule has 8 heteroatoms. The van der Waals surface area contributed by atoms with Crippen molar-refractivity contribution in [1.29, 1.82) is 0 Å². The molecule has 2 aromatic heterocycles. The monoisotopic (exact) mass is 467 g/mol. The third-order valence-corrected chi connectivity index (χ3v) is 6.38. The minimum absolute atomic E-state index is 0.0196. The molecule has 0 saturated carbocycles. The van der Waals surface area contributed by atoms with Crippen LogP contribution in [0, 0.1) is 0 Å². The van der Waals surface area contributed by atoms with Crippen LogP contribution in [0.4, 0.5) is 13.2 Å². The van der Waals surface area contributed by atoms with E-state index in [0.29, 0.717) is 29.7 Å². The lowest BCUT2D eigenvalue weighted by Gasteiger charge is -2.20. The van der Waals surface area contributed by atoms with Gasteiger partial charge in [0.1, 0.15) is 11.3 Å². The van der Waals surface area contributed by atoms with Crippen LogP contribution in [0.3, 0.4) is 0 Å². The third-order valence-electron chi connectivity index (χ3n) is 6.38. The van der Waals surface area contributed by atoms with E-state index in [1.165, 1.54) is 5.56 Å². The van der Waals surface area contributed by atoms with Crippen molar-refractivity contribution < 1.29 is 22.2 Å². The summed E-state index contributed by atoms with van der Waals surface area (Å²) in [5, 5.41) is 7.96. The Hall–Kier alpha value is -3.39. The van der Waals surface area contributed by atoms with Gasteiger partial charge in [-0.3, -0.25) is 4.90 Å². The molecule has 0 atom stereocenters. The molecule has 4 aromatic rings. The molecule has 1 aliphatic carbocycles. The second kappa shape index (κ2) is 8.76. The summed E-state index contributed by atoms with van der Waals surface area (Å²) in [4.78, 5) is 2.33. The molecule has 0 spiro atoms. The van der Waals surface area contributed by atoms with Crippen molar-refractivity contribution in [3.05, 3.63) is 70.8 Å². The maximum Gasteiger partial charge on any atom is 0.422 e. The van der Waals surface area contributed by atoms with Gasteiger partial charge in [-0.15, -0.1) is 0 Å². The van der Waals surface area contributed by atoms with Gasteiger partial charge < -0.3 is 9.05 Å². The van der Waals surface area contributed by atoms with Crippen molar-refractivity contribution in [2.75, 3.05) is 13.1 Å². The predicted octanol–water partition coefficient (Wildman–Crippen LogP) is 6.62. The van der Waals surface area contributed by atoms with Crippen molar-refractivity contribution in [1.82, 2.24) is 15.2 Å². The van der Waals surface area contributed by atoms with Crippen molar-refractivity contribution in [3.63, 3.8) is 0 Å². The topological polar surface area (TPSA) is 55.3 Å². The molecule has 0 fully saturated rings. The Morgan fingerprint density at radius 3 is 2.29 bits per heavy atom. The van der Waals surface area contributed by atoms with Gasteiger partial charge in [0, 0.05) is 23.2 Å². The zero-order valence-electron chi connectivity index (χ0n) is 18.9. The standard InChI is InChI=1S/C26H24F3N3O2/c1-3-32(4-2)15-16-10-12-19-18(14-16)11-13-20-22(19)30-34-25(20)23-21(26(27,28)29)24(33-31-23)17-8-6-5-7-9-17/h5-10,12,14H,3-4,11,13,15H2,1-2H3. The highest BCUT2D eigenvalue weighted by Gasteiger charge is 2.43. The zero-order chi connectivity index (χ0) is 23.9. The van der Waals surface area contributed by atoms with Crippen LogP contribution >= 0.6 is 0 Å². The molecule has 0 radical (unpaired) electrons. The number of fused-ring (bicyclic) bond motifs is 3. The molecule has 2 heterocycles. The Morgan fingerprint density at radius 2 is 1.59 bits per heavy atom. The first kappa shape index (κ1) is 22.4. The number of rotatable bonds is 6. The first-order chi connectivity index (χ1) is 16.4. The Morgan fingerprint density at radius 1 is 0.882 bits per heavy atom. The Labute approximate surface area is 195 Å². The van der Waals surface area contributed by atoms with Crippen LogP contribution in [-0.4, -0.2) is 28.3 Å². The molecule has 0 saturated heterocycles. The molecule has 0 N–H and O–H groups in total. The van der Waals surface area contributed by atoms with Crippen LogP contribution in [0.2, 0.25) is 0 Å². The molecular formula is C26H24F3N3O2. The van der Waals surface area contributed by atoms with Gasteiger partial charge in [0.2, 0.25) is 0 Å². The van der Waals surface area contributed by atoms with Crippen molar-refractivity contribution in [2.45, 2.75) is 39.4 Å². The summed E-state index contributed by atoms with van der Waals surface area (Å²) in [7, 11) is 0. The molecule has 0 unspecified atom stereocenters. The second-order valence-electron chi connectivity index (χ2n) is 8.39. The van der Waals surface area contributed by atoms with Gasteiger partial charge in [0.25, 0.3) is 0 Å². The van der Waals surface area contributed by atoms with Crippen molar-refractivity contribution >= 4 is 0 Å².